The third kappa shape index (κ3) is 13.4. The van der Waals surface area contributed by atoms with Gasteiger partial charge in [-0.1, -0.05) is 45.4 Å². The molecule has 0 radical (unpaired) electrons. The number of nitrogens with two attached hydrogens (primary N) is 1. The summed E-state index contributed by atoms with van der Waals surface area (Å²) < 4.78 is 4.86. The molecule has 3 N–H and O–H groups in total. The largest absolute Gasteiger partial charge is 0.480 e. The summed E-state index contributed by atoms with van der Waals surface area (Å²) in [4.78, 5) is 21.7. The van der Waals surface area contributed by atoms with Crippen LogP contribution in [0.15, 0.2) is 12.3 Å². The Morgan fingerprint density at radius 3 is 2.38 bits per heavy atom. The van der Waals surface area contributed by atoms with Crippen molar-refractivity contribution in [3.8, 4) is 0 Å². The molecule has 0 aromatic carbocycles. The summed E-state index contributed by atoms with van der Waals surface area (Å²) in [6.07, 6.45) is 13.0. The van der Waals surface area contributed by atoms with Crippen molar-refractivity contribution in [1.29, 1.82) is 0 Å². The molecule has 0 rings (SSSR count). The Morgan fingerprint density at radius 2 is 1.76 bits per heavy atom. The van der Waals surface area contributed by atoms with Crippen molar-refractivity contribution in [3.05, 3.63) is 12.3 Å². The van der Waals surface area contributed by atoms with Crippen LogP contribution >= 0.6 is 0 Å². The molecule has 0 aromatic rings. The first kappa shape index (κ1) is 19.6. The Labute approximate surface area is 127 Å². The van der Waals surface area contributed by atoms with Gasteiger partial charge in [0.1, 0.15) is 6.04 Å². The van der Waals surface area contributed by atoms with Crippen LogP contribution in [0.1, 0.15) is 71.1 Å². The number of carboxylic acid groups (broad SMARTS) is 1. The minimum absolute atomic E-state index is 0.0231. The highest BCUT2D eigenvalue weighted by Gasteiger charge is 2.13. The van der Waals surface area contributed by atoms with Gasteiger partial charge in [0.2, 0.25) is 0 Å². The molecule has 0 spiro atoms. The molecule has 0 amide bonds. The molecule has 5 heteroatoms. The van der Waals surface area contributed by atoms with Crippen molar-refractivity contribution in [3.63, 3.8) is 0 Å². The molecule has 0 aliphatic heterocycles. The topological polar surface area (TPSA) is 89.6 Å². The molecule has 0 fully saturated rings. The molecule has 21 heavy (non-hydrogen) atoms. The zero-order valence-corrected chi connectivity index (χ0v) is 13.1. The second-order valence-corrected chi connectivity index (χ2v) is 5.26. The Kier molecular flexibility index (Phi) is 12.7. The third-order valence-corrected chi connectivity index (χ3v) is 3.25. The summed E-state index contributed by atoms with van der Waals surface area (Å²) in [5.41, 5.74) is 5.29. The zero-order chi connectivity index (χ0) is 15.9. The molecular formula is C16H29NO4. The molecule has 0 aromatic heterocycles. The second kappa shape index (κ2) is 13.6. The fourth-order valence-electron chi connectivity index (χ4n) is 1.87. The van der Waals surface area contributed by atoms with Gasteiger partial charge in [-0.05, 0) is 25.3 Å². The van der Waals surface area contributed by atoms with Gasteiger partial charge in [0.15, 0.2) is 0 Å². The summed E-state index contributed by atoms with van der Waals surface area (Å²) in [7, 11) is 0. The Hall–Kier alpha value is -1.36. The maximum Gasteiger partial charge on any atom is 0.320 e. The van der Waals surface area contributed by atoms with E-state index in [1.54, 1.807) is 0 Å². The molecule has 0 heterocycles. The summed E-state index contributed by atoms with van der Waals surface area (Å²) in [5.74, 6) is -1.54. The summed E-state index contributed by atoms with van der Waals surface area (Å²) >= 11 is 0. The lowest BCUT2D eigenvalue weighted by Crippen LogP contribution is -2.30. The molecular weight excluding hydrogens is 270 g/mol. The summed E-state index contributed by atoms with van der Waals surface area (Å²) in [6.45, 7) is 2.21. The van der Waals surface area contributed by atoms with E-state index >= 15 is 0 Å². The molecule has 122 valence electrons. The zero-order valence-electron chi connectivity index (χ0n) is 13.1. The first-order valence-corrected chi connectivity index (χ1v) is 7.90. The smallest absolute Gasteiger partial charge is 0.320 e. The lowest BCUT2D eigenvalue weighted by atomic mass is 10.1. The Balaban J connectivity index is 3.42. The number of hydrogen-bond acceptors (Lipinski definition) is 4. The van der Waals surface area contributed by atoms with E-state index in [4.69, 9.17) is 15.6 Å². The SMILES string of the molecule is CCCCCCCCCC=COC(=O)CC[C@H](N)C(=O)O. The van der Waals surface area contributed by atoms with Crippen LogP contribution in [0.2, 0.25) is 0 Å². The fourth-order valence-corrected chi connectivity index (χ4v) is 1.87. The molecule has 0 saturated heterocycles. The van der Waals surface area contributed by atoms with Crippen molar-refractivity contribution >= 4 is 11.9 Å². The van der Waals surface area contributed by atoms with Gasteiger partial charge in [0.05, 0.1) is 6.26 Å². The van der Waals surface area contributed by atoms with Crippen molar-refractivity contribution in [1.82, 2.24) is 0 Å². The quantitative estimate of drug-likeness (QED) is 0.309. The van der Waals surface area contributed by atoms with E-state index in [1.807, 2.05) is 6.08 Å². The van der Waals surface area contributed by atoms with Crippen LogP contribution in [-0.2, 0) is 14.3 Å². The van der Waals surface area contributed by atoms with Crippen molar-refractivity contribution in [2.75, 3.05) is 0 Å². The van der Waals surface area contributed by atoms with Crippen molar-refractivity contribution in [2.45, 2.75) is 77.2 Å². The van der Waals surface area contributed by atoms with E-state index in [0.717, 1.165) is 12.8 Å². The summed E-state index contributed by atoms with van der Waals surface area (Å²) in [6, 6.07) is -1.01. The third-order valence-electron chi connectivity index (χ3n) is 3.25. The number of ether oxygens (including phenoxy) is 1. The predicted molar refractivity (Wildman–Crippen MR) is 82.7 cm³/mol. The number of carbonyl (C=O) groups excluding carboxylic acids is 1. The number of carboxylic acids is 1. The number of carbonyl (C=O) groups is 2. The number of esters is 1. The number of unbranched alkanes of at least 4 members (excludes halogenated alkanes) is 7. The van der Waals surface area contributed by atoms with Gasteiger partial charge in [-0.3, -0.25) is 9.59 Å². The van der Waals surface area contributed by atoms with Gasteiger partial charge in [-0.15, -0.1) is 0 Å². The van der Waals surface area contributed by atoms with E-state index in [2.05, 4.69) is 6.92 Å². The number of allylic oxidation sites excluding steroid dienone is 1. The van der Waals surface area contributed by atoms with Gasteiger partial charge in [-0.25, -0.2) is 0 Å². The molecule has 1 atom stereocenters. The van der Waals surface area contributed by atoms with Gasteiger partial charge < -0.3 is 15.6 Å². The lowest BCUT2D eigenvalue weighted by Gasteiger charge is -2.04. The van der Waals surface area contributed by atoms with Crippen LogP contribution in [0.3, 0.4) is 0 Å². The Morgan fingerprint density at radius 1 is 1.14 bits per heavy atom. The highest BCUT2D eigenvalue weighted by molar-refractivity contribution is 5.75. The van der Waals surface area contributed by atoms with Crippen LogP contribution in [0.5, 0.6) is 0 Å². The second-order valence-electron chi connectivity index (χ2n) is 5.26. The van der Waals surface area contributed by atoms with E-state index in [-0.39, 0.29) is 12.8 Å². The average Bonchev–Trinajstić information content (AvgIpc) is 2.46. The van der Waals surface area contributed by atoms with Gasteiger partial charge in [-0.2, -0.15) is 0 Å². The maximum atomic E-state index is 11.3. The number of hydrogen-bond donors (Lipinski definition) is 2. The van der Waals surface area contributed by atoms with Crippen LogP contribution in [0, 0.1) is 0 Å². The van der Waals surface area contributed by atoms with Gasteiger partial charge >= 0.3 is 11.9 Å². The van der Waals surface area contributed by atoms with Crippen molar-refractivity contribution < 1.29 is 19.4 Å². The molecule has 5 nitrogen and oxygen atoms in total. The minimum Gasteiger partial charge on any atom is -0.480 e. The predicted octanol–water partition coefficient (Wildman–Crippen LogP) is 3.38. The van der Waals surface area contributed by atoms with Crippen LogP contribution in [0.4, 0.5) is 0 Å². The highest BCUT2D eigenvalue weighted by Crippen LogP contribution is 2.08. The monoisotopic (exact) mass is 299 g/mol. The summed E-state index contributed by atoms with van der Waals surface area (Å²) in [5, 5.41) is 8.57. The standard InChI is InChI=1S/C16H29NO4/c1-2-3-4-5-6-7-8-9-10-13-21-15(18)12-11-14(17)16(19)20/h10,13-14H,2-9,11-12,17H2,1H3,(H,19,20)/t14-/m0/s1. The molecule has 0 aliphatic rings. The van der Waals surface area contributed by atoms with E-state index in [9.17, 15) is 9.59 Å². The molecule has 0 bridgehead atoms. The van der Waals surface area contributed by atoms with E-state index < -0.39 is 18.0 Å². The van der Waals surface area contributed by atoms with Crippen molar-refractivity contribution in [2.24, 2.45) is 5.73 Å². The first-order valence-electron chi connectivity index (χ1n) is 7.90. The lowest BCUT2D eigenvalue weighted by molar-refractivity contribution is -0.140. The van der Waals surface area contributed by atoms with Crippen LogP contribution < -0.4 is 5.73 Å². The molecule has 0 aliphatic carbocycles. The maximum absolute atomic E-state index is 11.3. The normalized spacial score (nSPS) is 12.5. The van der Waals surface area contributed by atoms with Crippen LogP contribution in [0.25, 0.3) is 0 Å². The number of rotatable bonds is 13. The molecule has 0 saturated carbocycles. The fraction of sp³-hybridized carbons (Fsp3) is 0.750. The first-order chi connectivity index (χ1) is 10.1. The minimum atomic E-state index is -1.10. The van der Waals surface area contributed by atoms with Crippen LogP contribution in [-0.4, -0.2) is 23.1 Å². The van der Waals surface area contributed by atoms with E-state index in [0.29, 0.717) is 0 Å². The highest BCUT2D eigenvalue weighted by atomic mass is 16.5. The average molecular weight is 299 g/mol. The van der Waals surface area contributed by atoms with Gasteiger partial charge in [0, 0.05) is 6.42 Å². The van der Waals surface area contributed by atoms with E-state index in [1.165, 1.54) is 44.8 Å². The number of aliphatic carboxylic acids is 1. The Bertz CT molecular complexity index is 315. The van der Waals surface area contributed by atoms with Gasteiger partial charge in [0.25, 0.3) is 0 Å². The molecule has 0 unspecified atom stereocenters.